The van der Waals surface area contributed by atoms with Crippen molar-refractivity contribution in [2.45, 2.75) is 0 Å². The van der Waals surface area contributed by atoms with E-state index in [2.05, 4.69) is 25.4 Å². The van der Waals surface area contributed by atoms with Gasteiger partial charge in [-0.2, -0.15) is 0 Å². The van der Waals surface area contributed by atoms with Gasteiger partial charge in [-0.25, -0.2) is 14.8 Å². The van der Waals surface area contributed by atoms with Crippen LogP contribution in [-0.4, -0.2) is 124 Å². The number of amides is 3. The molecule has 238 valence electrons. The molecule has 13 nitrogen and oxygen atoms in total. The van der Waals surface area contributed by atoms with Crippen molar-refractivity contribution >= 4 is 29.1 Å². The van der Waals surface area contributed by atoms with E-state index in [9.17, 15) is 9.59 Å². The lowest BCUT2D eigenvalue weighted by molar-refractivity contribution is 0.0303. The first kappa shape index (κ1) is 30.7. The number of carbonyl (C=O) groups is 2. The molecule has 0 spiro atoms. The lowest BCUT2D eigenvalue weighted by Gasteiger charge is -2.30. The Kier molecular flexibility index (Phi) is 10.3. The smallest absolute Gasteiger partial charge is 0.323 e. The number of anilines is 3. The van der Waals surface area contributed by atoms with E-state index in [1.165, 1.54) is 0 Å². The van der Waals surface area contributed by atoms with Crippen LogP contribution in [0, 0.1) is 0 Å². The summed E-state index contributed by atoms with van der Waals surface area (Å²) in [4.78, 5) is 41.1. The number of hydrogen-bond acceptors (Lipinski definition) is 10. The molecule has 0 bridgehead atoms. The van der Waals surface area contributed by atoms with Gasteiger partial charge in [-0.3, -0.25) is 9.69 Å². The van der Waals surface area contributed by atoms with E-state index in [4.69, 9.17) is 23.9 Å². The Hall–Kier alpha value is -4.30. The van der Waals surface area contributed by atoms with Gasteiger partial charge in [-0.15, -0.1) is 0 Å². The predicted octanol–water partition coefficient (Wildman–Crippen LogP) is 2.81. The monoisotopic (exact) mass is 617 g/mol. The molecule has 3 amide bonds. The lowest BCUT2D eigenvalue weighted by Crippen LogP contribution is -2.40. The molecule has 3 saturated heterocycles. The molecule has 6 rings (SSSR count). The van der Waals surface area contributed by atoms with E-state index >= 15 is 0 Å². The third-order valence-corrected chi connectivity index (χ3v) is 7.90. The molecule has 2 N–H and O–H groups in total. The van der Waals surface area contributed by atoms with Gasteiger partial charge in [0, 0.05) is 68.3 Å². The van der Waals surface area contributed by atoms with Crippen LogP contribution < -0.4 is 20.3 Å². The number of morpholine rings is 3. The molecule has 45 heavy (non-hydrogen) atoms. The molecular weight excluding hydrogens is 578 g/mol. The Morgan fingerprint density at radius 3 is 1.98 bits per heavy atom. The van der Waals surface area contributed by atoms with Gasteiger partial charge >= 0.3 is 6.03 Å². The maximum Gasteiger partial charge on any atom is 0.323 e. The number of urea groups is 1. The highest BCUT2D eigenvalue weighted by Gasteiger charge is 2.21. The summed E-state index contributed by atoms with van der Waals surface area (Å²) >= 11 is 0. The van der Waals surface area contributed by atoms with Crippen LogP contribution in [0.25, 0.3) is 11.4 Å². The minimum absolute atomic E-state index is 0.0404. The standard InChI is InChI=1S/C32H39N7O6/c40-31(39-14-20-44-21-15-39)25-3-7-27(8-4-25)35-32(41)34-26-5-1-24(2-6-26)29-33-23-28(30(36-29)38-12-18-43-19-13-38)45-22-11-37-9-16-42-17-10-37/h1-8,23H,9-22H2,(H2,34,35,41). The maximum absolute atomic E-state index is 12.7. The molecule has 3 fully saturated rings. The zero-order valence-corrected chi connectivity index (χ0v) is 25.3. The minimum atomic E-state index is -0.389. The average molecular weight is 618 g/mol. The minimum Gasteiger partial charge on any atom is -0.487 e. The molecule has 0 unspecified atom stereocenters. The average Bonchev–Trinajstić information content (AvgIpc) is 3.10. The van der Waals surface area contributed by atoms with E-state index < -0.39 is 0 Å². The number of nitrogens with zero attached hydrogens (tertiary/aromatic N) is 5. The lowest BCUT2D eigenvalue weighted by atomic mass is 10.1. The van der Waals surface area contributed by atoms with Crippen molar-refractivity contribution in [1.29, 1.82) is 0 Å². The fourth-order valence-corrected chi connectivity index (χ4v) is 5.36. The number of rotatable bonds is 9. The molecule has 0 radical (unpaired) electrons. The van der Waals surface area contributed by atoms with Crippen molar-refractivity contribution in [2.75, 3.05) is 108 Å². The van der Waals surface area contributed by atoms with Crippen LogP contribution in [0.1, 0.15) is 10.4 Å². The summed E-state index contributed by atoms with van der Waals surface area (Å²) in [7, 11) is 0. The summed E-state index contributed by atoms with van der Waals surface area (Å²) in [6.07, 6.45) is 1.74. The van der Waals surface area contributed by atoms with Gasteiger partial charge in [-0.05, 0) is 48.5 Å². The normalized spacial score (nSPS) is 17.5. The number of aromatic nitrogens is 2. The second kappa shape index (κ2) is 15.1. The van der Waals surface area contributed by atoms with Gasteiger partial charge in [0.15, 0.2) is 17.4 Å². The number of hydrogen-bond donors (Lipinski definition) is 2. The van der Waals surface area contributed by atoms with Gasteiger partial charge in [0.2, 0.25) is 0 Å². The van der Waals surface area contributed by atoms with Gasteiger partial charge in [0.25, 0.3) is 5.91 Å². The van der Waals surface area contributed by atoms with Crippen LogP contribution in [0.2, 0.25) is 0 Å². The Morgan fingerprint density at radius 1 is 0.756 bits per heavy atom. The van der Waals surface area contributed by atoms with E-state index in [0.29, 0.717) is 74.6 Å². The highest BCUT2D eigenvalue weighted by molar-refractivity contribution is 6.00. The summed E-state index contributed by atoms with van der Waals surface area (Å²) < 4.78 is 22.5. The van der Waals surface area contributed by atoms with Crippen molar-refractivity contribution in [1.82, 2.24) is 19.8 Å². The number of nitrogens with one attached hydrogen (secondary N) is 2. The summed E-state index contributed by atoms with van der Waals surface area (Å²) in [5, 5.41) is 5.66. The topological polar surface area (TPSA) is 131 Å². The van der Waals surface area contributed by atoms with Crippen LogP contribution in [0.3, 0.4) is 0 Å². The molecule has 13 heteroatoms. The predicted molar refractivity (Wildman–Crippen MR) is 169 cm³/mol. The van der Waals surface area contributed by atoms with Crippen LogP contribution >= 0.6 is 0 Å². The van der Waals surface area contributed by atoms with Gasteiger partial charge in [0.1, 0.15) is 6.61 Å². The van der Waals surface area contributed by atoms with Gasteiger partial charge in [-0.1, -0.05) is 0 Å². The third-order valence-electron chi connectivity index (χ3n) is 7.90. The zero-order valence-electron chi connectivity index (χ0n) is 25.3. The van der Waals surface area contributed by atoms with Crippen molar-refractivity contribution in [2.24, 2.45) is 0 Å². The first-order chi connectivity index (χ1) is 22.1. The van der Waals surface area contributed by atoms with Crippen LogP contribution in [0.4, 0.5) is 22.0 Å². The Labute approximate surface area is 262 Å². The first-order valence-corrected chi connectivity index (χ1v) is 15.4. The van der Waals surface area contributed by atoms with Crippen molar-refractivity contribution in [3.8, 4) is 17.1 Å². The highest BCUT2D eigenvalue weighted by Crippen LogP contribution is 2.29. The number of benzene rings is 2. The molecule has 1 aromatic heterocycles. The molecule has 3 aliphatic heterocycles. The third kappa shape index (κ3) is 8.25. The Bertz CT molecular complexity index is 1420. The molecule has 3 aromatic rings. The maximum atomic E-state index is 12.7. The summed E-state index contributed by atoms with van der Waals surface area (Å²) in [6.45, 7) is 9.64. The summed E-state index contributed by atoms with van der Waals surface area (Å²) in [5.74, 6) is 1.94. The number of carbonyl (C=O) groups excluding carboxylic acids is 2. The fraction of sp³-hybridized carbons (Fsp3) is 0.438. The molecule has 2 aromatic carbocycles. The first-order valence-electron chi connectivity index (χ1n) is 15.4. The summed E-state index contributed by atoms with van der Waals surface area (Å²) in [5.41, 5.74) is 2.59. The van der Waals surface area contributed by atoms with E-state index in [-0.39, 0.29) is 11.9 Å². The van der Waals surface area contributed by atoms with Crippen molar-refractivity contribution in [3.63, 3.8) is 0 Å². The fourth-order valence-electron chi connectivity index (χ4n) is 5.36. The molecule has 0 atom stereocenters. The largest absolute Gasteiger partial charge is 0.487 e. The van der Waals surface area contributed by atoms with Crippen LogP contribution in [0.5, 0.6) is 5.75 Å². The second-order valence-electron chi connectivity index (χ2n) is 10.9. The van der Waals surface area contributed by atoms with Crippen molar-refractivity contribution in [3.05, 3.63) is 60.3 Å². The van der Waals surface area contributed by atoms with Crippen LogP contribution in [-0.2, 0) is 14.2 Å². The van der Waals surface area contributed by atoms with E-state index in [0.717, 1.165) is 57.3 Å². The van der Waals surface area contributed by atoms with Gasteiger partial charge < -0.3 is 39.4 Å². The van der Waals surface area contributed by atoms with E-state index in [1.54, 1.807) is 35.4 Å². The van der Waals surface area contributed by atoms with Crippen molar-refractivity contribution < 1.29 is 28.5 Å². The Balaban J connectivity index is 1.06. The Morgan fingerprint density at radius 2 is 1.33 bits per heavy atom. The summed E-state index contributed by atoms with van der Waals surface area (Å²) in [6, 6.07) is 13.8. The van der Waals surface area contributed by atoms with Crippen LogP contribution in [0.15, 0.2) is 54.7 Å². The quantitative estimate of drug-likeness (QED) is 0.370. The molecule has 0 saturated carbocycles. The molecule has 4 heterocycles. The number of ether oxygens (including phenoxy) is 4. The molecule has 0 aliphatic carbocycles. The van der Waals surface area contributed by atoms with E-state index in [1.807, 2.05) is 24.3 Å². The molecular formula is C32H39N7O6. The molecule has 3 aliphatic rings. The van der Waals surface area contributed by atoms with Gasteiger partial charge in [0.05, 0.1) is 45.8 Å². The second-order valence-corrected chi connectivity index (χ2v) is 10.9. The SMILES string of the molecule is O=C(Nc1ccc(C(=O)N2CCOCC2)cc1)Nc1ccc(-c2ncc(OCCN3CCOCC3)c(N3CCOCC3)n2)cc1. The zero-order chi connectivity index (χ0) is 30.8. The highest BCUT2D eigenvalue weighted by atomic mass is 16.5.